The number of carbonyl (C=O) groups excluding carboxylic acids is 1. The van der Waals surface area contributed by atoms with Crippen LogP contribution < -0.4 is 5.32 Å². The number of fused-ring (bicyclic) bond motifs is 3. The summed E-state index contributed by atoms with van der Waals surface area (Å²) in [5.74, 6) is 0.0854. The normalized spacial score (nSPS) is 12.0. The third kappa shape index (κ3) is 5.98. The van der Waals surface area contributed by atoms with Crippen LogP contribution in [0.5, 0.6) is 0 Å². The van der Waals surface area contributed by atoms with Crippen LogP contribution in [0, 0.1) is 0 Å². The summed E-state index contributed by atoms with van der Waals surface area (Å²) in [6.07, 6.45) is 2.08. The van der Waals surface area contributed by atoms with Crippen molar-refractivity contribution in [2.45, 2.75) is 52.6 Å². The number of hydrogen-bond donors (Lipinski definition) is 1. The molecular weight excluding hydrogens is 420 g/mol. The molecule has 7 heteroatoms. The minimum Gasteiger partial charge on any atom is -0.374 e. The van der Waals surface area contributed by atoms with E-state index in [1.807, 2.05) is 20.8 Å². The fourth-order valence-electron chi connectivity index (χ4n) is 4.26. The van der Waals surface area contributed by atoms with E-state index >= 15 is 0 Å². The van der Waals surface area contributed by atoms with Gasteiger partial charge in [0, 0.05) is 67.2 Å². The Morgan fingerprint density at radius 3 is 1.91 bits per heavy atom. The van der Waals surface area contributed by atoms with E-state index in [1.54, 1.807) is 0 Å². The van der Waals surface area contributed by atoms with Crippen molar-refractivity contribution in [1.82, 2.24) is 9.88 Å². The lowest BCUT2D eigenvalue weighted by molar-refractivity contribution is -0.121. The van der Waals surface area contributed by atoms with Gasteiger partial charge >= 0.3 is 8.80 Å². The molecule has 1 heterocycles. The molecule has 0 aliphatic heterocycles. The van der Waals surface area contributed by atoms with Crippen LogP contribution >= 0.6 is 0 Å². The lowest BCUT2D eigenvalue weighted by atomic mass is 10.2. The number of aromatic nitrogens is 1. The third-order valence-electron chi connectivity index (χ3n) is 5.54. The second-order valence-corrected chi connectivity index (χ2v) is 10.5. The molecule has 3 rings (SSSR count). The van der Waals surface area contributed by atoms with Crippen molar-refractivity contribution in [1.29, 1.82) is 0 Å². The summed E-state index contributed by atoms with van der Waals surface area (Å²) in [6, 6.07) is 17.6. The summed E-state index contributed by atoms with van der Waals surface area (Å²) in [7, 11) is -2.64. The lowest BCUT2D eigenvalue weighted by Gasteiger charge is -2.28. The number of amides is 1. The van der Waals surface area contributed by atoms with E-state index in [2.05, 4.69) is 58.4 Å². The standard InChI is InChI=1S/C25H36N2O4Si/c1-4-29-32(30-5-2,31-6-3)20-12-18-26-25(28)17-11-19-27-23-15-9-7-13-21(23)22-14-8-10-16-24(22)27/h7-10,13-16H,4-6,11-12,17-20H2,1-3H3,(H,26,28). The number of para-hydroxylation sites is 2. The molecule has 0 fully saturated rings. The highest BCUT2D eigenvalue weighted by molar-refractivity contribution is 6.60. The number of aryl methyl sites for hydroxylation is 1. The van der Waals surface area contributed by atoms with Gasteiger partial charge in [-0.05, 0) is 45.7 Å². The van der Waals surface area contributed by atoms with Gasteiger partial charge in [-0.2, -0.15) is 0 Å². The smallest absolute Gasteiger partial charge is 0.374 e. The van der Waals surface area contributed by atoms with Crippen LogP contribution in [0.4, 0.5) is 0 Å². The molecule has 0 radical (unpaired) electrons. The maximum atomic E-state index is 12.4. The SMILES string of the molecule is CCO[Si](CCCNC(=O)CCCn1c2ccccc2c2ccccc21)(OCC)OCC. The fraction of sp³-hybridized carbons (Fsp3) is 0.480. The largest absolute Gasteiger partial charge is 0.500 e. The van der Waals surface area contributed by atoms with E-state index in [4.69, 9.17) is 13.3 Å². The molecule has 174 valence electrons. The summed E-state index contributed by atoms with van der Waals surface area (Å²) < 4.78 is 19.9. The minimum atomic E-state index is -2.64. The first-order valence-corrected chi connectivity index (χ1v) is 13.7. The molecule has 6 nitrogen and oxygen atoms in total. The third-order valence-corrected chi connectivity index (χ3v) is 8.69. The number of rotatable bonds is 14. The molecule has 0 unspecified atom stereocenters. The summed E-state index contributed by atoms with van der Waals surface area (Å²) in [6.45, 7) is 9.01. The molecule has 1 amide bonds. The Hall–Kier alpha value is -2.19. The molecule has 1 aromatic heterocycles. The first-order valence-electron chi connectivity index (χ1n) is 11.8. The molecule has 1 N–H and O–H groups in total. The number of carbonyl (C=O) groups is 1. The van der Waals surface area contributed by atoms with Gasteiger partial charge in [-0.3, -0.25) is 4.79 Å². The van der Waals surface area contributed by atoms with Gasteiger partial charge in [0.15, 0.2) is 0 Å². The highest BCUT2D eigenvalue weighted by atomic mass is 28.4. The maximum absolute atomic E-state index is 12.4. The molecule has 0 bridgehead atoms. The van der Waals surface area contributed by atoms with Gasteiger partial charge in [0.05, 0.1) is 0 Å². The minimum absolute atomic E-state index is 0.0854. The van der Waals surface area contributed by atoms with Crippen LogP contribution in [0.1, 0.15) is 40.0 Å². The second kappa shape index (κ2) is 12.2. The highest BCUT2D eigenvalue weighted by Crippen LogP contribution is 2.29. The van der Waals surface area contributed by atoms with E-state index in [-0.39, 0.29) is 5.91 Å². The molecule has 0 atom stereocenters. The monoisotopic (exact) mass is 456 g/mol. The van der Waals surface area contributed by atoms with Crippen LogP contribution in [0.3, 0.4) is 0 Å². The molecule has 32 heavy (non-hydrogen) atoms. The topological polar surface area (TPSA) is 61.7 Å². The van der Waals surface area contributed by atoms with Gasteiger partial charge in [0.2, 0.25) is 5.91 Å². The Morgan fingerprint density at radius 2 is 1.38 bits per heavy atom. The Kier molecular flexibility index (Phi) is 9.29. The van der Waals surface area contributed by atoms with Crippen molar-refractivity contribution in [3.8, 4) is 0 Å². The zero-order valence-corrected chi connectivity index (χ0v) is 20.6. The van der Waals surface area contributed by atoms with E-state index in [9.17, 15) is 4.79 Å². The molecular formula is C25H36N2O4Si. The van der Waals surface area contributed by atoms with Gasteiger partial charge in [0.25, 0.3) is 0 Å². The lowest BCUT2D eigenvalue weighted by Crippen LogP contribution is -2.46. The van der Waals surface area contributed by atoms with Crippen LogP contribution in [0.15, 0.2) is 48.5 Å². The van der Waals surface area contributed by atoms with Gasteiger partial charge < -0.3 is 23.2 Å². The van der Waals surface area contributed by atoms with Gasteiger partial charge in [-0.1, -0.05) is 36.4 Å². The predicted octanol–water partition coefficient (Wildman–Crippen LogP) is 5.13. The average Bonchev–Trinajstić information content (AvgIpc) is 3.11. The summed E-state index contributed by atoms with van der Waals surface area (Å²) in [5, 5.41) is 5.57. The summed E-state index contributed by atoms with van der Waals surface area (Å²) in [4.78, 5) is 12.4. The second-order valence-electron chi connectivity index (χ2n) is 7.73. The van der Waals surface area contributed by atoms with E-state index in [1.165, 1.54) is 21.8 Å². The fourth-order valence-corrected chi connectivity index (χ4v) is 6.88. The van der Waals surface area contributed by atoms with Crippen molar-refractivity contribution < 1.29 is 18.1 Å². The Bertz CT molecular complexity index is 934. The zero-order chi connectivity index (χ0) is 22.8. The molecule has 2 aromatic carbocycles. The van der Waals surface area contributed by atoms with Crippen LogP contribution in [0.2, 0.25) is 6.04 Å². The molecule has 0 saturated heterocycles. The molecule has 3 aromatic rings. The Labute approximate surface area is 192 Å². The highest BCUT2D eigenvalue weighted by Gasteiger charge is 2.39. The maximum Gasteiger partial charge on any atom is 0.500 e. The number of benzene rings is 2. The van der Waals surface area contributed by atoms with E-state index in [0.717, 1.165) is 19.4 Å². The average molecular weight is 457 g/mol. The van der Waals surface area contributed by atoms with Crippen LogP contribution in [0.25, 0.3) is 21.8 Å². The van der Waals surface area contributed by atoms with Crippen molar-refractivity contribution in [2.75, 3.05) is 26.4 Å². The summed E-state index contributed by atoms with van der Waals surface area (Å²) in [5.41, 5.74) is 2.44. The van der Waals surface area contributed by atoms with Gasteiger partial charge in [-0.15, -0.1) is 0 Å². The van der Waals surface area contributed by atoms with Crippen molar-refractivity contribution in [3.05, 3.63) is 48.5 Å². The number of nitrogens with one attached hydrogen (secondary N) is 1. The first kappa shape index (κ1) is 24.4. The molecule has 0 aliphatic carbocycles. The van der Waals surface area contributed by atoms with E-state index < -0.39 is 8.80 Å². The number of nitrogens with zero attached hydrogens (tertiary/aromatic N) is 1. The van der Waals surface area contributed by atoms with Crippen molar-refractivity contribution >= 4 is 36.5 Å². The zero-order valence-electron chi connectivity index (χ0n) is 19.6. The molecule has 0 spiro atoms. The predicted molar refractivity (Wildman–Crippen MR) is 132 cm³/mol. The van der Waals surface area contributed by atoms with Crippen LogP contribution in [-0.4, -0.2) is 45.6 Å². The molecule has 0 saturated carbocycles. The Morgan fingerprint density at radius 1 is 0.844 bits per heavy atom. The van der Waals surface area contributed by atoms with Gasteiger partial charge in [0.1, 0.15) is 0 Å². The van der Waals surface area contributed by atoms with Crippen molar-refractivity contribution in [3.63, 3.8) is 0 Å². The van der Waals surface area contributed by atoms with Crippen LogP contribution in [-0.2, 0) is 24.6 Å². The van der Waals surface area contributed by atoms with Gasteiger partial charge in [-0.25, -0.2) is 0 Å². The molecule has 0 aliphatic rings. The van der Waals surface area contributed by atoms with E-state index in [0.29, 0.717) is 38.8 Å². The van der Waals surface area contributed by atoms with Crippen molar-refractivity contribution in [2.24, 2.45) is 0 Å². The summed E-state index contributed by atoms with van der Waals surface area (Å²) >= 11 is 0. The first-order chi connectivity index (χ1) is 15.6. The number of hydrogen-bond acceptors (Lipinski definition) is 4. The quantitative estimate of drug-likeness (QED) is 0.270. The Balaban J connectivity index is 1.49.